The smallest absolute Gasteiger partial charge is 0.264 e. The van der Waals surface area contributed by atoms with Crippen molar-refractivity contribution in [3.05, 3.63) is 88.4 Å². The molecule has 8 nitrogen and oxygen atoms in total. The molecule has 10 heteroatoms. The van der Waals surface area contributed by atoms with Gasteiger partial charge in [0.25, 0.3) is 10.0 Å². The maximum Gasteiger partial charge on any atom is 0.264 e. The molecule has 0 heterocycles. The van der Waals surface area contributed by atoms with Crippen molar-refractivity contribution in [1.29, 1.82) is 0 Å². The number of likely N-dealkylation sites (N-methyl/N-ethyl adjacent to an activating group) is 1. The van der Waals surface area contributed by atoms with Gasteiger partial charge in [-0.25, -0.2) is 8.42 Å². The van der Waals surface area contributed by atoms with Crippen LogP contribution in [0.2, 0.25) is 5.02 Å². The van der Waals surface area contributed by atoms with Crippen molar-refractivity contribution >= 4 is 39.1 Å². The normalized spacial score (nSPS) is 11.9. The van der Waals surface area contributed by atoms with E-state index in [9.17, 15) is 18.0 Å². The lowest BCUT2D eigenvalue weighted by atomic mass is 10.1. The van der Waals surface area contributed by atoms with E-state index < -0.39 is 28.5 Å². The SMILES string of the molecule is CCNC(=O)[C@H](C)N(Cc1cccc(OC)c1)C(=O)CN(c1ccc(C)c(Cl)c1)S(=O)(=O)c1ccc(C)cc1. The van der Waals surface area contributed by atoms with E-state index >= 15 is 0 Å². The summed E-state index contributed by atoms with van der Waals surface area (Å²) in [4.78, 5) is 28.1. The molecular weight excluding hydrogens is 538 g/mol. The second-order valence-electron chi connectivity index (χ2n) is 9.20. The summed E-state index contributed by atoms with van der Waals surface area (Å²) in [7, 11) is -2.62. The molecule has 1 N–H and O–H groups in total. The summed E-state index contributed by atoms with van der Waals surface area (Å²) in [5, 5.41) is 3.11. The van der Waals surface area contributed by atoms with Crippen molar-refractivity contribution in [1.82, 2.24) is 10.2 Å². The molecule has 0 aliphatic rings. The number of hydrogen-bond acceptors (Lipinski definition) is 5. The number of halogens is 1. The average Bonchev–Trinajstić information content (AvgIpc) is 2.92. The number of sulfonamides is 1. The predicted octanol–water partition coefficient (Wildman–Crippen LogP) is 4.71. The molecule has 3 aromatic carbocycles. The maximum absolute atomic E-state index is 13.9. The van der Waals surface area contributed by atoms with E-state index in [1.54, 1.807) is 70.3 Å². The molecule has 0 aromatic heterocycles. The van der Waals surface area contributed by atoms with Crippen LogP contribution in [-0.2, 0) is 26.2 Å². The predicted molar refractivity (Wildman–Crippen MR) is 154 cm³/mol. The Balaban J connectivity index is 2.06. The number of nitrogens with one attached hydrogen (secondary N) is 1. The lowest BCUT2D eigenvalue weighted by molar-refractivity contribution is -0.139. The first-order valence-electron chi connectivity index (χ1n) is 12.5. The quantitative estimate of drug-likeness (QED) is 0.359. The summed E-state index contributed by atoms with van der Waals surface area (Å²) < 4.78 is 34.1. The molecule has 0 fully saturated rings. The molecule has 0 spiro atoms. The molecule has 1 atom stereocenters. The molecule has 39 heavy (non-hydrogen) atoms. The lowest BCUT2D eigenvalue weighted by Gasteiger charge is -2.32. The summed E-state index contributed by atoms with van der Waals surface area (Å²) in [6.45, 7) is 6.99. The number of benzene rings is 3. The van der Waals surface area contributed by atoms with E-state index in [1.165, 1.54) is 23.1 Å². The molecule has 0 radical (unpaired) electrons. The van der Waals surface area contributed by atoms with Crippen molar-refractivity contribution in [3.63, 3.8) is 0 Å². The molecule has 0 aliphatic carbocycles. The van der Waals surface area contributed by atoms with Crippen LogP contribution < -0.4 is 14.4 Å². The molecule has 0 aliphatic heterocycles. The number of rotatable bonds is 11. The Kier molecular flexibility index (Phi) is 9.99. The Morgan fingerprint density at radius 1 is 1.03 bits per heavy atom. The number of carbonyl (C=O) groups excluding carboxylic acids is 2. The number of carbonyl (C=O) groups is 2. The fraction of sp³-hybridized carbons (Fsp3) is 0.310. The van der Waals surface area contributed by atoms with Gasteiger partial charge in [0, 0.05) is 18.1 Å². The Hall–Kier alpha value is -3.56. The number of nitrogens with zero attached hydrogens (tertiary/aromatic N) is 2. The number of hydrogen-bond donors (Lipinski definition) is 1. The second kappa shape index (κ2) is 13.0. The fourth-order valence-corrected chi connectivity index (χ4v) is 5.56. The number of amides is 2. The third-order valence-electron chi connectivity index (χ3n) is 6.34. The first-order chi connectivity index (χ1) is 18.5. The van der Waals surface area contributed by atoms with Crippen LogP contribution in [0.25, 0.3) is 0 Å². The van der Waals surface area contributed by atoms with Gasteiger partial charge in [0.05, 0.1) is 17.7 Å². The van der Waals surface area contributed by atoms with E-state index in [1.807, 2.05) is 13.0 Å². The van der Waals surface area contributed by atoms with Crippen LogP contribution in [0.15, 0.2) is 71.6 Å². The van der Waals surface area contributed by atoms with Gasteiger partial charge in [0.1, 0.15) is 18.3 Å². The molecule has 3 aromatic rings. The van der Waals surface area contributed by atoms with Crippen LogP contribution in [0.1, 0.15) is 30.5 Å². The van der Waals surface area contributed by atoms with E-state index in [4.69, 9.17) is 16.3 Å². The number of ether oxygens (including phenoxy) is 1. The Labute approximate surface area is 235 Å². The summed E-state index contributed by atoms with van der Waals surface area (Å²) in [6.07, 6.45) is 0. The van der Waals surface area contributed by atoms with Gasteiger partial charge in [-0.1, -0.05) is 47.5 Å². The van der Waals surface area contributed by atoms with Gasteiger partial charge in [0.2, 0.25) is 11.8 Å². The zero-order chi connectivity index (χ0) is 28.7. The van der Waals surface area contributed by atoms with E-state index in [2.05, 4.69) is 5.32 Å². The highest BCUT2D eigenvalue weighted by atomic mass is 35.5. The van der Waals surface area contributed by atoms with Gasteiger partial charge in [-0.3, -0.25) is 13.9 Å². The van der Waals surface area contributed by atoms with Gasteiger partial charge in [-0.15, -0.1) is 0 Å². The van der Waals surface area contributed by atoms with E-state index in [-0.39, 0.29) is 23.0 Å². The van der Waals surface area contributed by atoms with Gasteiger partial charge in [0.15, 0.2) is 0 Å². The molecule has 208 valence electrons. The average molecular weight is 572 g/mol. The van der Waals surface area contributed by atoms with Gasteiger partial charge >= 0.3 is 0 Å². The van der Waals surface area contributed by atoms with E-state index in [0.717, 1.165) is 21.0 Å². The largest absolute Gasteiger partial charge is 0.497 e. The van der Waals surface area contributed by atoms with Crippen LogP contribution in [0.5, 0.6) is 5.75 Å². The molecule has 0 unspecified atom stereocenters. The minimum absolute atomic E-state index is 0.0358. The van der Waals surface area contributed by atoms with Crippen LogP contribution >= 0.6 is 11.6 Å². The first kappa shape index (κ1) is 30.0. The van der Waals surface area contributed by atoms with Crippen molar-refractivity contribution in [2.24, 2.45) is 0 Å². The highest BCUT2D eigenvalue weighted by molar-refractivity contribution is 7.92. The fourth-order valence-electron chi connectivity index (χ4n) is 3.98. The highest BCUT2D eigenvalue weighted by Crippen LogP contribution is 2.29. The summed E-state index contributed by atoms with van der Waals surface area (Å²) in [6, 6.07) is 17.5. The molecular formula is C29H34ClN3O5S. The Morgan fingerprint density at radius 3 is 2.33 bits per heavy atom. The minimum atomic E-state index is -4.16. The molecule has 2 amide bonds. The highest BCUT2D eigenvalue weighted by Gasteiger charge is 2.32. The summed E-state index contributed by atoms with van der Waals surface area (Å²) in [5.41, 5.74) is 2.64. The summed E-state index contributed by atoms with van der Waals surface area (Å²) >= 11 is 6.35. The third-order valence-corrected chi connectivity index (χ3v) is 8.53. The maximum atomic E-state index is 13.9. The van der Waals surface area contributed by atoms with Gasteiger partial charge < -0.3 is 15.0 Å². The third kappa shape index (κ3) is 7.30. The number of methoxy groups -OCH3 is 1. The van der Waals surface area contributed by atoms with Crippen LogP contribution in [0, 0.1) is 13.8 Å². The number of anilines is 1. The molecule has 3 rings (SSSR count). The van der Waals surface area contributed by atoms with Crippen LogP contribution in [0.3, 0.4) is 0 Å². The molecule has 0 saturated heterocycles. The molecule has 0 bridgehead atoms. The van der Waals surface area contributed by atoms with Crippen molar-refractivity contribution < 1.29 is 22.7 Å². The number of aryl methyl sites for hydroxylation is 2. The van der Waals surface area contributed by atoms with Gasteiger partial charge in [-0.05, 0) is 75.2 Å². The zero-order valence-electron chi connectivity index (χ0n) is 22.8. The lowest BCUT2D eigenvalue weighted by Crippen LogP contribution is -2.51. The van der Waals surface area contributed by atoms with Crippen LogP contribution in [0.4, 0.5) is 5.69 Å². The standard InChI is InChI=1S/C29H34ClN3O5S/c1-6-31-29(35)22(4)32(18-23-8-7-9-25(16-23)38-5)28(34)19-33(24-13-12-21(3)27(30)17-24)39(36,37)26-14-10-20(2)11-15-26/h7-17,22H,6,18-19H2,1-5H3,(H,31,35)/t22-/m0/s1. The van der Waals surface area contributed by atoms with Crippen molar-refractivity contribution in [2.45, 2.75) is 45.2 Å². The second-order valence-corrected chi connectivity index (χ2v) is 11.5. The van der Waals surface area contributed by atoms with Crippen molar-refractivity contribution in [3.8, 4) is 5.75 Å². The minimum Gasteiger partial charge on any atom is -0.497 e. The zero-order valence-corrected chi connectivity index (χ0v) is 24.3. The summed E-state index contributed by atoms with van der Waals surface area (Å²) in [5.74, 6) is -0.299. The van der Waals surface area contributed by atoms with Crippen molar-refractivity contribution in [2.75, 3.05) is 24.5 Å². The topological polar surface area (TPSA) is 96.0 Å². The van der Waals surface area contributed by atoms with Gasteiger partial charge in [-0.2, -0.15) is 0 Å². The van der Waals surface area contributed by atoms with Crippen LogP contribution in [-0.4, -0.2) is 51.4 Å². The monoisotopic (exact) mass is 571 g/mol. The Morgan fingerprint density at radius 2 is 1.72 bits per heavy atom. The Bertz CT molecular complexity index is 1430. The first-order valence-corrected chi connectivity index (χ1v) is 14.4. The van der Waals surface area contributed by atoms with E-state index in [0.29, 0.717) is 17.3 Å². The molecule has 0 saturated carbocycles.